The number of rotatable bonds is 14. The van der Waals surface area contributed by atoms with Crippen molar-refractivity contribution in [2.45, 2.75) is 43.4 Å². The fourth-order valence-corrected chi connectivity index (χ4v) is 3.62. The van der Waals surface area contributed by atoms with E-state index in [0.29, 0.717) is 11.4 Å². The van der Waals surface area contributed by atoms with Crippen molar-refractivity contribution in [1.29, 1.82) is 0 Å². The summed E-state index contributed by atoms with van der Waals surface area (Å²) in [6, 6.07) is 4.09. The molecule has 202 valence electrons. The number of H-pyrrole nitrogens is 2. The summed E-state index contributed by atoms with van der Waals surface area (Å²) in [6.45, 7) is -0.758. The van der Waals surface area contributed by atoms with Gasteiger partial charge in [-0.3, -0.25) is 14.4 Å². The summed E-state index contributed by atoms with van der Waals surface area (Å²) in [6.07, 6.45) is 5.72. The van der Waals surface area contributed by atoms with E-state index in [1.54, 1.807) is 24.3 Å². The number of carboxylic acid groups (broad SMARTS) is 1. The van der Waals surface area contributed by atoms with Crippen molar-refractivity contribution in [2.24, 2.45) is 5.73 Å². The summed E-state index contributed by atoms with van der Waals surface area (Å²) in [5.41, 5.74) is 7.76. The molecule has 2 aromatic heterocycles. The third-order valence-electron chi connectivity index (χ3n) is 5.66. The number of aromatic amines is 2. The Morgan fingerprint density at radius 3 is 1.84 bits per heavy atom. The molecule has 9 N–H and O–H groups in total. The van der Waals surface area contributed by atoms with Gasteiger partial charge in [0.2, 0.25) is 17.7 Å². The normalized spacial score (nSPS) is 14.1. The molecule has 0 spiro atoms. The van der Waals surface area contributed by atoms with Crippen LogP contribution in [0.1, 0.15) is 17.0 Å². The number of carbonyl (C=O) groups is 4. The Hall–Kier alpha value is -4.56. The molecule has 3 amide bonds. The summed E-state index contributed by atoms with van der Waals surface area (Å²) in [5.74, 6) is -3.59. The zero-order chi connectivity index (χ0) is 27.5. The lowest BCUT2D eigenvalue weighted by atomic mass is 10.1. The second-order valence-electron chi connectivity index (χ2n) is 8.56. The number of aliphatic hydroxyl groups excluding tert-OH is 1. The largest absolute Gasteiger partial charge is 0.480 e. The minimum absolute atomic E-state index is 0.0619. The number of carboxylic acids is 1. The van der Waals surface area contributed by atoms with Crippen LogP contribution < -0.4 is 21.7 Å². The van der Waals surface area contributed by atoms with Crippen molar-refractivity contribution >= 4 is 23.7 Å². The van der Waals surface area contributed by atoms with Crippen LogP contribution in [-0.4, -0.2) is 84.6 Å². The molecule has 0 radical (unpaired) electrons. The van der Waals surface area contributed by atoms with E-state index in [1.165, 1.54) is 25.0 Å². The summed E-state index contributed by atoms with van der Waals surface area (Å²) in [4.78, 5) is 63.6. The molecule has 0 aliphatic rings. The molecule has 3 rings (SSSR count). The zero-order valence-corrected chi connectivity index (χ0v) is 20.3. The monoisotopic (exact) mass is 526 g/mol. The number of imidazole rings is 2. The molecule has 14 nitrogen and oxygen atoms in total. The molecule has 3 aromatic rings. The first kappa shape index (κ1) is 28.0. The van der Waals surface area contributed by atoms with Gasteiger partial charge in [0, 0.05) is 36.6 Å². The van der Waals surface area contributed by atoms with Crippen molar-refractivity contribution in [3.63, 3.8) is 0 Å². The van der Waals surface area contributed by atoms with Crippen molar-refractivity contribution < 1.29 is 29.4 Å². The molecule has 0 fully saturated rings. The molecule has 0 saturated heterocycles. The van der Waals surface area contributed by atoms with Crippen molar-refractivity contribution in [3.05, 3.63) is 72.3 Å². The maximum absolute atomic E-state index is 13.1. The van der Waals surface area contributed by atoms with Gasteiger partial charge in [0.25, 0.3) is 0 Å². The first-order valence-corrected chi connectivity index (χ1v) is 11.8. The van der Waals surface area contributed by atoms with E-state index in [-0.39, 0.29) is 19.3 Å². The average molecular weight is 527 g/mol. The third kappa shape index (κ3) is 8.25. The Morgan fingerprint density at radius 2 is 1.32 bits per heavy atom. The quantitative estimate of drug-likeness (QED) is 0.116. The highest BCUT2D eigenvalue weighted by molar-refractivity contribution is 5.94. The summed E-state index contributed by atoms with van der Waals surface area (Å²) < 4.78 is 0. The number of nitrogens with two attached hydrogens (primary N) is 1. The number of aliphatic carboxylic acids is 1. The van der Waals surface area contributed by atoms with Gasteiger partial charge in [0.05, 0.1) is 25.3 Å². The Bertz CT molecular complexity index is 1190. The van der Waals surface area contributed by atoms with E-state index >= 15 is 0 Å². The Labute approximate surface area is 217 Å². The fraction of sp³-hybridized carbons (Fsp3) is 0.333. The van der Waals surface area contributed by atoms with Gasteiger partial charge in [-0.2, -0.15) is 0 Å². The predicted octanol–water partition coefficient (Wildman–Crippen LogP) is -1.98. The highest BCUT2D eigenvalue weighted by Gasteiger charge is 2.31. The molecule has 0 aliphatic carbocycles. The molecule has 2 heterocycles. The molecular weight excluding hydrogens is 496 g/mol. The summed E-state index contributed by atoms with van der Waals surface area (Å²) >= 11 is 0. The van der Waals surface area contributed by atoms with Crippen LogP contribution in [0.25, 0.3) is 0 Å². The maximum Gasteiger partial charge on any atom is 0.326 e. The van der Waals surface area contributed by atoms with Gasteiger partial charge in [-0.05, 0) is 12.0 Å². The number of amides is 3. The number of hydrogen-bond donors (Lipinski definition) is 8. The lowest BCUT2D eigenvalue weighted by Gasteiger charge is -2.24. The maximum atomic E-state index is 13.1. The highest BCUT2D eigenvalue weighted by atomic mass is 16.4. The molecule has 0 saturated carbocycles. The Balaban J connectivity index is 1.66. The molecule has 0 aliphatic heterocycles. The molecule has 38 heavy (non-hydrogen) atoms. The molecular formula is C24H30N8O6. The van der Waals surface area contributed by atoms with Crippen molar-refractivity contribution in [1.82, 2.24) is 35.9 Å². The third-order valence-corrected chi connectivity index (χ3v) is 5.66. The molecule has 0 bridgehead atoms. The van der Waals surface area contributed by atoms with Crippen LogP contribution >= 0.6 is 0 Å². The van der Waals surface area contributed by atoms with Crippen LogP contribution in [0.2, 0.25) is 0 Å². The second-order valence-corrected chi connectivity index (χ2v) is 8.56. The summed E-state index contributed by atoms with van der Waals surface area (Å²) in [7, 11) is 0. The Kier molecular flexibility index (Phi) is 10.1. The highest BCUT2D eigenvalue weighted by Crippen LogP contribution is 2.05. The van der Waals surface area contributed by atoms with Crippen LogP contribution in [-0.2, 0) is 38.4 Å². The lowest BCUT2D eigenvalue weighted by Crippen LogP contribution is -2.58. The van der Waals surface area contributed by atoms with Crippen LogP contribution in [0.4, 0.5) is 0 Å². The minimum atomic E-state index is -1.40. The first-order valence-electron chi connectivity index (χ1n) is 11.8. The SMILES string of the molecule is NC(Cc1ccccc1)C(=O)NC(CO)C(=O)NC(Cc1cnc[nH]1)C(=O)NC(Cc1cnc[nH]1)C(=O)O. The molecule has 14 heteroatoms. The number of aromatic nitrogens is 4. The van der Waals surface area contributed by atoms with E-state index in [9.17, 15) is 29.4 Å². The van der Waals surface area contributed by atoms with Crippen LogP contribution in [0, 0.1) is 0 Å². The summed E-state index contributed by atoms with van der Waals surface area (Å²) in [5, 5.41) is 26.6. The van der Waals surface area contributed by atoms with Crippen molar-refractivity contribution in [2.75, 3.05) is 6.61 Å². The van der Waals surface area contributed by atoms with Crippen molar-refractivity contribution in [3.8, 4) is 0 Å². The van der Waals surface area contributed by atoms with Crippen LogP contribution in [0.5, 0.6) is 0 Å². The van der Waals surface area contributed by atoms with Gasteiger partial charge in [-0.1, -0.05) is 30.3 Å². The number of aliphatic hydroxyl groups is 1. The van der Waals surface area contributed by atoms with Gasteiger partial charge in [0.15, 0.2) is 0 Å². The standard InChI is InChI=1S/C24H30N8O6/c25-17(6-14-4-2-1-3-5-14)21(34)32-20(11-33)23(36)30-18(7-15-9-26-12-28-15)22(35)31-19(24(37)38)8-16-10-27-13-29-16/h1-5,9-10,12-13,17-20,33H,6-8,11,25H2,(H,26,28)(H,27,29)(H,30,36)(H,31,35)(H,32,34)(H,37,38). The number of hydrogen-bond acceptors (Lipinski definition) is 8. The smallest absolute Gasteiger partial charge is 0.326 e. The fourth-order valence-electron chi connectivity index (χ4n) is 3.62. The topological polar surface area (TPSA) is 228 Å². The molecule has 1 aromatic carbocycles. The van der Waals surface area contributed by atoms with Gasteiger partial charge in [-0.25, -0.2) is 14.8 Å². The minimum Gasteiger partial charge on any atom is -0.480 e. The lowest BCUT2D eigenvalue weighted by molar-refractivity contribution is -0.142. The number of benzene rings is 1. The van der Waals surface area contributed by atoms with E-state index in [4.69, 9.17) is 5.73 Å². The number of nitrogens with zero attached hydrogens (tertiary/aromatic N) is 2. The predicted molar refractivity (Wildman–Crippen MR) is 133 cm³/mol. The van der Waals surface area contributed by atoms with Crippen LogP contribution in [0.3, 0.4) is 0 Å². The zero-order valence-electron chi connectivity index (χ0n) is 20.3. The molecule has 4 atom stereocenters. The van der Waals surface area contributed by atoms with Gasteiger partial charge >= 0.3 is 5.97 Å². The van der Waals surface area contributed by atoms with E-state index in [0.717, 1.165) is 5.56 Å². The van der Waals surface area contributed by atoms with Crippen LogP contribution in [0.15, 0.2) is 55.4 Å². The first-order chi connectivity index (χ1) is 18.3. The van der Waals surface area contributed by atoms with E-state index in [1.807, 2.05) is 6.07 Å². The number of nitrogens with one attached hydrogen (secondary N) is 5. The van der Waals surface area contributed by atoms with E-state index in [2.05, 4.69) is 35.9 Å². The number of carbonyl (C=O) groups excluding carboxylic acids is 3. The Morgan fingerprint density at radius 1 is 0.789 bits per heavy atom. The van der Waals surface area contributed by atoms with Gasteiger partial charge in [0.1, 0.15) is 18.1 Å². The van der Waals surface area contributed by atoms with Gasteiger partial charge < -0.3 is 41.9 Å². The van der Waals surface area contributed by atoms with E-state index < -0.39 is 54.5 Å². The average Bonchev–Trinajstić information content (AvgIpc) is 3.61. The van der Waals surface area contributed by atoms with Gasteiger partial charge in [-0.15, -0.1) is 0 Å². The molecule has 4 unspecified atom stereocenters. The second kappa shape index (κ2) is 13.7.